The fraction of sp³-hybridized carbons (Fsp3) is 0.333. The molecule has 0 bridgehead atoms. The van der Waals surface area contributed by atoms with Crippen LogP contribution in [0.5, 0.6) is 11.5 Å². The van der Waals surface area contributed by atoms with E-state index < -0.39 is 0 Å². The van der Waals surface area contributed by atoms with E-state index in [0.717, 1.165) is 31.7 Å². The van der Waals surface area contributed by atoms with Crippen LogP contribution in [0.25, 0.3) is 0 Å². The first-order chi connectivity index (χ1) is 13.2. The van der Waals surface area contributed by atoms with Gasteiger partial charge in [0.15, 0.2) is 0 Å². The highest BCUT2D eigenvalue weighted by molar-refractivity contribution is 5.96. The highest BCUT2D eigenvalue weighted by Gasteiger charge is 2.19. The van der Waals surface area contributed by atoms with Crippen molar-refractivity contribution in [2.24, 2.45) is 0 Å². The molecular formula is C21H24N2O4. The Kier molecular flexibility index (Phi) is 6.30. The summed E-state index contributed by atoms with van der Waals surface area (Å²) in [5, 5.41) is 2.82. The fourth-order valence-corrected chi connectivity index (χ4v) is 2.96. The van der Waals surface area contributed by atoms with Gasteiger partial charge in [0.05, 0.1) is 20.1 Å². The number of amides is 2. The molecule has 6 nitrogen and oxygen atoms in total. The molecule has 1 saturated heterocycles. The first kappa shape index (κ1) is 18.8. The van der Waals surface area contributed by atoms with Crippen LogP contribution in [0.4, 0.5) is 5.69 Å². The van der Waals surface area contributed by atoms with Crippen molar-refractivity contribution < 1.29 is 19.1 Å². The van der Waals surface area contributed by atoms with E-state index in [4.69, 9.17) is 9.47 Å². The second kappa shape index (κ2) is 9.07. The number of benzene rings is 2. The van der Waals surface area contributed by atoms with Crippen LogP contribution < -0.4 is 14.8 Å². The van der Waals surface area contributed by atoms with Crippen LogP contribution in [0.2, 0.25) is 0 Å². The van der Waals surface area contributed by atoms with Gasteiger partial charge in [0.25, 0.3) is 5.91 Å². The van der Waals surface area contributed by atoms with Gasteiger partial charge in [-0.1, -0.05) is 0 Å². The molecule has 0 unspecified atom stereocenters. The summed E-state index contributed by atoms with van der Waals surface area (Å²) in [4.78, 5) is 26.2. The zero-order valence-electron chi connectivity index (χ0n) is 15.4. The number of hydrogen-bond donors (Lipinski definition) is 1. The minimum atomic E-state index is -0.137. The average Bonchev–Trinajstić information content (AvgIpc) is 3.23. The molecule has 1 aliphatic heterocycles. The molecule has 142 valence electrons. The van der Waals surface area contributed by atoms with Crippen molar-refractivity contribution in [1.82, 2.24) is 4.90 Å². The molecule has 2 amide bonds. The Morgan fingerprint density at radius 3 is 2.22 bits per heavy atom. The van der Waals surface area contributed by atoms with Crippen LogP contribution in [-0.4, -0.2) is 43.5 Å². The van der Waals surface area contributed by atoms with Gasteiger partial charge in [-0.3, -0.25) is 9.59 Å². The lowest BCUT2D eigenvalue weighted by Gasteiger charge is -2.15. The number of carbonyl (C=O) groups is 2. The second-order valence-electron chi connectivity index (χ2n) is 6.40. The lowest BCUT2D eigenvalue weighted by atomic mass is 10.2. The van der Waals surface area contributed by atoms with E-state index in [1.165, 1.54) is 0 Å². The molecule has 2 aromatic carbocycles. The molecule has 6 heteroatoms. The quantitative estimate of drug-likeness (QED) is 0.814. The molecule has 1 N–H and O–H groups in total. The van der Waals surface area contributed by atoms with Gasteiger partial charge < -0.3 is 19.7 Å². The lowest BCUT2D eigenvalue weighted by molar-refractivity contribution is -0.116. The SMILES string of the molecule is COc1ccc(OCCC(=O)Nc2ccc(C(=O)N3CCCC3)cc2)cc1. The van der Waals surface area contributed by atoms with Crippen molar-refractivity contribution in [3.05, 3.63) is 54.1 Å². The summed E-state index contributed by atoms with van der Waals surface area (Å²) < 4.78 is 10.6. The highest BCUT2D eigenvalue weighted by atomic mass is 16.5. The van der Waals surface area contributed by atoms with Gasteiger partial charge in [-0.05, 0) is 61.4 Å². The summed E-state index contributed by atoms with van der Waals surface area (Å²) in [7, 11) is 1.61. The second-order valence-corrected chi connectivity index (χ2v) is 6.40. The summed E-state index contributed by atoms with van der Waals surface area (Å²) in [6.45, 7) is 1.93. The monoisotopic (exact) mass is 368 g/mol. The third-order valence-electron chi connectivity index (χ3n) is 4.47. The molecule has 1 fully saturated rings. The van der Waals surface area contributed by atoms with Crippen molar-refractivity contribution in [2.75, 3.05) is 32.1 Å². The van der Waals surface area contributed by atoms with Gasteiger partial charge in [0.1, 0.15) is 11.5 Å². The van der Waals surface area contributed by atoms with Gasteiger partial charge in [0.2, 0.25) is 5.91 Å². The molecule has 27 heavy (non-hydrogen) atoms. The Balaban J connectivity index is 1.43. The zero-order chi connectivity index (χ0) is 19.1. The number of nitrogens with zero attached hydrogens (tertiary/aromatic N) is 1. The van der Waals surface area contributed by atoms with E-state index in [-0.39, 0.29) is 24.8 Å². The number of ether oxygens (including phenoxy) is 2. The van der Waals surface area contributed by atoms with Crippen LogP contribution in [0.15, 0.2) is 48.5 Å². The molecule has 2 aromatic rings. The molecule has 0 radical (unpaired) electrons. The van der Waals surface area contributed by atoms with E-state index in [1.807, 2.05) is 4.90 Å². The summed E-state index contributed by atoms with van der Waals surface area (Å²) >= 11 is 0. The van der Waals surface area contributed by atoms with Gasteiger partial charge >= 0.3 is 0 Å². The molecule has 0 saturated carbocycles. The smallest absolute Gasteiger partial charge is 0.253 e. The van der Waals surface area contributed by atoms with Crippen LogP contribution in [0.1, 0.15) is 29.6 Å². The topological polar surface area (TPSA) is 67.9 Å². The molecule has 0 aromatic heterocycles. The first-order valence-electron chi connectivity index (χ1n) is 9.12. The Labute approximate surface area is 159 Å². The molecule has 0 spiro atoms. The molecule has 1 heterocycles. The van der Waals surface area contributed by atoms with Gasteiger partial charge in [-0.2, -0.15) is 0 Å². The minimum Gasteiger partial charge on any atom is -0.497 e. The maximum absolute atomic E-state index is 12.3. The molecule has 0 aliphatic carbocycles. The number of likely N-dealkylation sites (tertiary alicyclic amines) is 1. The maximum atomic E-state index is 12.3. The van der Waals surface area contributed by atoms with E-state index in [2.05, 4.69) is 5.32 Å². The number of nitrogens with one attached hydrogen (secondary N) is 1. The number of hydrogen-bond acceptors (Lipinski definition) is 4. The minimum absolute atomic E-state index is 0.0540. The van der Waals surface area contributed by atoms with Crippen molar-refractivity contribution in [3.63, 3.8) is 0 Å². The van der Waals surface area contributed by atoms with E-state index in [9.17, 15) is 9.59 Å². The summed E-state index contributed by atoms with van der Waals surface area (Å²) in [5.41, 5.74) is 1.32. The highest BCUT2D eigenvalue weighted by Crippen LogP contribution is 2.18. The fourth-order valence-electron chi connectivity index (χ4n) is 2.96. The summed E-state index contributed by atoms with van der Waals surface area (Å²) in [6, 6.07) is 14.2. The van der Waals surface area contributed by atoms with Gasteiger partial charge in [0, 0.05) is 24.3 Å². The largest absolute Gasteiger partial charge is 0.497 e. The predicted octanol–water partition coefficient (Wildman–Crippen LogP) is 3.34. The zero-order valence-corrected chi connectivity index (χ0v) is 15.4. The molecular weight excluding hydrogens is 344 g/mol. The van der Waals surface area contributed by atoms with Crippen LogP contribution >= 0.6 is 0 Å². The molecule has 3 rings (SSSR count). The Bertz CT molecular complexity index is 766. The standard InChI is InChI=1S/C21H24N2O4/c1-26-18-8-10-19(11-9-18)27-15-12-20(24)22-17-6-4-16(5-7-17)21(25)23-13-2-3-14-23/h4-11H,2-3,12-15H2,1H3,(H,22,24). The number of methoxy groups -OCH3 is 1. The van der Waals surface area contributed by atoms with E-state index >= 15 is 0 Å². The average molecular weight is 368 g/mol. The van der Waals surface area contributed by atoms with E-state index in [0.29, 0.717) is 17.0 Å². The maximum Gasteiger partial charge on any atom is 0.253 e. The van der Waals surface area contributed by atoms with Gasteiger partial charge in [-0.25, -0.2) is 0 Å². The summed E-state index contributed by atoms with van der Waals surface area (Å²) in [6.07, 6.45) is 2.37. The van der Waals surface area contributed by atoms with Crippen LogP contribution in [0.3, 0.4) is 0 Å². The van der Waals surface area contributed by atoms with Gasteiger partial charge in [-0.15, -0.1) is 0 Å². The molecule has 0 atom stereocenters. The number of anilines is 1. The van der Waals surface area contributed by atoms with Crippen molar-refractivity contribution in [1.29, 1.82) is 0 Å². The third-order valence-corrected chi connectivity index (χ3v) is 4.47. The predicted molar refractivity (Wildman–Crippen MR) is 103 cm³/mol. The van der Waals surface area contributed by atoms with Crippen LogP contribution in [0, 0.1) is 0 Å². The Morgan fingerprint density at radius 2 is 1.59 bits per heavy atom. The number of carbonyl (C=O) groups excluding carboxylic acids is 2. The normalized spacial score (nSPS) is 13.3. The van der Waals surface area contributed by atoms with Crippen molar-refractivity contribution >= 4 is 17.5 Å². The van der Waals surface area contributed by atoms with Crippen LogP contribution in [-0.2, 0) is 4.79 Å². The van der Waals surface area contributed by atoms with Crippen molar-refractivity contribution in [2.45, 2.75) is 19.3 Å². The molecule has 1 aliphatic rings. The Morgan fingerprint density at radius 1 is 0.963 bits per heavy atom. The van der Waals surface area contributed by atoms with Crippen molar-refractivity contribution in [3.8, 4) is 11.5 Å². The lowest BCUT2D eigenvalue weighted by Crippen LogP contribution is -2.27. The number of rotatable bonds is 7. The first-order valence-corrected chi connectivity index (χ1v) is 9.12. The summed E-state index contributed by atoms with van der Waals surface area (Å²) in [5.74, 6) is 1.36. The van der Waals surface area contributed by atoms with E-state index in [1.54, 1.807) is 55.6 Å². The third kappa shape index (κ3) is 5.23. The Hall–Kier alpha value is -3.02.